The van der Waals surface area contributed by atoms with E-state index < -0.39 is 5.97 Å². The number of hydrazine groups is 1. The Morgan fingerprint density at radius 2 is 1.03 bits per heavy atom. The largest absolute Gasteiger partial charge is 0.496 e. The molecule has 14 heteroatoms. The molecule has 1 heterocycles. The molecule has 0 aliphatic rings. The maximum Gasteiger partial charge on any atom is 0.307 e. The molecular weight excluding hydrogens is 839 g/mol. The summed E-state index contributed by atoms with van der Waals surface area (Å²) in [5, 5.41) is 18.7. The number of halogens is 3. The Balaban J connectivity index is 0.000000203. The summed E-state index contributed by atoms with van der Waals surface area (Å²) in [7, 11) is 4.85. The average Bonchev–Trinajstić information content (AvgIpc) is 3.67. The molecule has 0 saturated carbocycles. The molecule has 4 N–H and O–H groups in total. The fourth-order valence-corrected chi connectivity index (χ4v) is 6.81. The Morgan fingerprint density at radius 3 is 1.39 bits per heavy atom. The molecule has 0 bridgehead atoms. The van der Waals surface area contributed by atoms with Crippen LogP contribution in [0.5, 0.6) is 17.2 Å². The van der Waals surface area contributed by atoms with Crippen molar-refractivity contribution in [2.45, 2.75) is 26.2 Å². The minimum atomic E-state index is -0.859. The fraction of sp³-hybridized carbons (Fsp3) is 0.149. The lowest BCUT2D eigenvalue weighted by Crippen LogP contribution is -2.31. The normalized spacial score (nSPS) is 10.4. The lowest BCUT2D eigenvalue weighted by molar-refractivity contribution is -0.136. The summed E-state index contributed by atoms with van der Waals surface area (Å²) < 4.78 is 21.6. The van der Waals surface area contributed by atoms with E-state index >= 15 is 0 Å². The van der Waals surface area contributed by atoms with Gasteiger partial charge in [-0.3, -0.25) is 15.0 Å². The number of nitrogens with zero attached hydrogens (tertiary/aromatic N) is 2. The minimum absolute atomic E-state index is 0. The number of methoxy groups -OCH3 is 3. The van der Waals surface area contributed by atoms with Gasteiger partial charge in [0, 0.05) is 40.1 Å². The van der Waals surface area contributed by atoms with Gasteiger partial charge in [0.15, 0.2) is 0 Å². The number of amides is 1. The van der Waals surface area contributed by atoms with Crippen LogP contribution in [0.4, 0.5) is 0 Å². The second-order valence-electron chi connectivity index (χ2n) is 13.3. The van der Waals surface area contributed by atoms with Crippen molar-refractivity contribution >= 4 is 46.7 Å². The van der Waals surface area contributed by atoms with Crippen LogP contribution in [-0.2, 0) is 28.9 Å². The van der Waals surface area contributed by atoms with Gasteiger partial charge in [0.05, 0.1) is 40.6 Å². The number of carboxylic acids is 1. The van der Waals surface area contributed by atoms with Gasteiger partial charge in [-0.2, -0.15) is 0 Å². The quantitative estimate of drug-likeness (QED) is 0.0612. The van der Waals surface area contributed by atoms with Crippen LogP contribution in [0.2, 0.25) is 15.1 Å². The molecule has 61 heavy (non-hydrogen) atoms. The molecule has 0 saturated heterocycles. The van der Waals surface area contributed by atoms with Crippen molar-refractivity contribution in [1.82, 2.24) is 15.6 Å². The minimum Gasteiger partial charge on any atom is -0.496 e. The highest BCUT2D eigenvalue weighted by atomic mass is 35.5. The number of aryl methyl sites for hydroxylation is 1. The number of ether oxygens (including phenoxy) is 3. The van der Waals surface area contributed by atoms with E-state index in [1.165, 1.54) is 0 Å². The number of carboxylic acid groups (broad SMARTS) is 1. The van der Waals surface area contributed by atoms with E-state index in [0.717, 1.165) is 61.6 Å². The van der Waals surface area contributed by atoms with Crippen molar-refractivity contribution in [1.29, 1.82) is 0 Å². The maximum absolute atomic E-state index is 11.3. The zero-order valence-corrected chi connectivity index (χ0v) is 36.0. The monoisotopic (exact) mass is 883 g/mol. The number of carbonyl (C=O) groups excluding carboxylic acids is 1. The first-order chi connectivity index (χ1) is 29.4. The van der Waals surface area contributed by atoms with Crippen molar-refractivity contribution in [3.63, 3.8) is 0 Å². The summed E-state index contributed by atoms with van der Waals surface area (Å²) in [4.78, 5) is 22.1. The van der Waals surface area contributed by atoms with Crippen LogP contribution in [0.25, 0.3) is 33.4 Å². The molecule has 7 rings (SSSR count). The SMILES string of the molecule is COc1ccc(CC(=O)NN)cc1-c1cccc(Cl)c1.COc1ccc(CC(=O)O)cc1-c1cccc(Cl)c1.COc1ccc(Cc2nnc(C)o2)cc1-c1cccc(Cl)c1.[2HH]. The number of hydrogen-bond acceptors (Lipinski definition) is 9. The van der Waals surface area contributed by atoms with E-state index in [1.54, 1.807) is 46.5 Å². The van der Waals surface area contributed by atoms with E-state index in [0.29, 0.717) is 39.0 Å². The third-order valence-corrected chi connectivity index (χ3v) is 9.71. The van der Waals surface area contributed by atoms with Crippen LogP contribution >= 0.6 is 34.8 Å². The number of nitrogens with two attached hydrogens (primary N) is 1. The molecule has 1 aromatic heterocycles. The number of rotatable bonds is 12. The summed E-state index contributed by atoms with van der Waals surface area (Å²) in [6.07, 6.45) is 0.782. The summed E-state index contributed by atoms with van der Waals surface area (Å²) in [6.45, 7) is 1.78. The van der Waals surface area contributed by atoms with Crippen LogP contribution in [0.3, 0.4) is 0 Å². The first-order valence-electron chi connectivity index (χ1n) is 18.7. The number of aliphatic carboxylic acids is 1. The summed E-state index contributed by atoms with van der Waals surface area (Å²) in [5.41, 5.74) is 10.3. The van der Waals surface area contributed by atoms with Crippen LogP contribution in [0.1, 0.15) is 29.9 Å². The second-order valence-corrected chi connectivity index (χ2v) is 14.7. The molecule has 0 unspecified atom stereocenters. The van der Waals surface area contributed by atoms with E-state index in [9.17, 15) is 9.59 Å². The lowest BCUT2D eigenvalue weighted by Gasteiger charge is -2.11. The highest BCUT2D eigenvalue weighted by Gasteiger charge is 2.13. The summed E-state index contributed by atoms with van der Waals surface area (Å²) >= 11 is 18.1. The molecule has 0 fully saturated rings. The third kappa shape index (κ3) is 13.3. The standard InChI is InChI=1S/C17H15ClN2O2.C15H15ClN2O2.C15H13ClO3.H2/c1-11-19-20-17(22-11)9-12-6-7-16(21-2)15(8-12)13-4-3-5-14(18)10-13;1-20-14-6-5-10(8-15(19)18-17)7-13(14)11-3-2-4-12(16)9-11;1-19-14-6-5-10(8-15(17)18)7-13(14)11-3-2-4-12(16)9-11;/h3-8,10H,9H2,1-2H3;2-7,9H,8,17H2,1H3,(H,18,19);2-7,9H,8H2,1H3,(H,17,18);1H/i;;;1+1. The first kappa shape index (κ1) is 45.7. The van der Waals surface area contributed by atoms with E-state index in [4.69, 9.17) is 64.4 Å². The zero-order chi connectivity index (χ0) is 43.9. The number of aromatic nitrogens is 2. The number of hydrogen-bond donors (Lipinski definition) is 3. The van der Waals surface area contributed by atoms with Gasteiger partial charge in [0.1, 0.15) is 17.2 Å². The third-order valence-electron chi connectivity index (χ3n) is 9.00. The van der Waals surface area contributed by atoms with Crippen molar-refractivity contribution < 1.29 is 34.7 Å². The van der Waals surface area contributed by atoms with Crippen LogP contribution < -0.4 is 25.5 Å². The average molecular weight is 885 g/mol. The predicted octanol–water partition coefficient (Wildman–Crippen LogP) is 10.7. The Bertz CT molecular complexity index is 2610. The van der Waals surface area contributed by atoms with E-state index in [-0.39, 0.29) is 20.2 Å². The lowest BCUT2D eigenvalue weighted by atomic mass is 10.0. The number of benzene rings is 6. The van der Waals surface area contributed by atoms with Gasteiger partial charge in [-0.15, -0.1) is 10.2 Å². The highest BCUT2D eigenvalue weighted by molar-refractivity contribution is 6.31. The summed E-state index contributed by atoms with van der Waals surface area (Å²) in [5.74, 6) is 7.38. The molecule has 316 valence electrons. The van der Waals surface area contributed by atoms with Gasteiger partial charge in [-0.05, 0) is 106 Å². The number of nitrogens with one attached hydrogen (secondary N) is 1. The van der Waals surface area contributed by atoms with Crippen molar-refractivity contribution in [3.8, 4) is 50.6 Å². The maximum atomic E-state index is 11.3. The first-order valence-corrected chi connectivity index (χ1v) is 19.8. The predicted molar refractivity (Wildman–Crippen MR) is 242 cm³/mol. The molecular formula is C47H45Cl3N4O7. The molecule has 11 nitrogen and oxygen atoms in total. The molecule has 6 aromatic carbocycles. The van der Waals surface area contributed by atoms with E-state index in [1.807, 2.05) is 103 Å². The van der Waals surface area contributed by atoms with Crippen molar-refractivity contribution in [2.75, 3.05) is 21.3 Å². The van der Waals surface area contributed by atoms with Gasteiger partial charge in [-0.1, -0.05) is 89.4 Å². The van der Waals surface area contributed by atoms with E-state index in [2.05, 4.69) is 21.7 Å². The van der Waals surface area contributed by atoms with Gasteiger partial charge in [0.2, 0.25) is 17.7 Å². The smallest absolute Gasteiger partial charge is 0.307 e. The van der Waals surface area contributed by atoms with Crippen molar-refractivity contribution in [3.05, 3.63) is 171 Å². The second kappa shape index (κ2) is 22.3. The van der Waals surface area contributed by atoms with Crippen LogP contribution in [0, 0.1) is 6.92 Å². The summed E-state index contributed by atoms with van der Waals surface area (Å²) in [6, 6.07) is 39.4. The van der Waals surface area contributed by atoms with Crippen LogP contribution in [0.15, 0.2) is 132 Å². The van der Waals surface area contributed by atoms with Crippen molar-refractivity contribution in [2.24, 2.45) is 5.84 Å². The molecule has 0 radical (unpaired) electrons. The van der Waals surface area contributed by atoms with Gasteiger partial charge < -0.3 is 23.7 Å². The Morgan fingerprint density at radius 1 is 0.623 bits per heavy atom. The van der Waals surface area contributed by atoms with Gasteiger partial charge in [0.25, 0.3) is 0 Å². The molecule has 0 spiro atoms. The molecule has 0 aliphatic heterocycles. The molecule has 7 aromatic rings. The zero-order valence-electron chi connectivity index (χ0n) is 33.7. The number of carbonyl (C=O) groups is 2. The highest BCUT2D eigenvalue weighted by Crippen LogP contribution is 2.35. The molecule has 0 aliphatic carbocycles. The Kier molecular flexibility index (Phi) is 16.7. The topological polar surface area (TPSA) is 159 Å². The molecule has 1 amide bonds. The Hall–Kier alpha value is -6.37. The van der Waals surface area contributed by atoms with Gasteiger partial charge >= 0.3 is 5.97 Å². The van der Waals surface area contributed by atoms with Gasteiger partial charge in [-0.25, -0.2) is 5.84 Å². The Labute approximate surface area is 370 Å². The fourth-order valence-electron chi connectivity index (χ4n) is 6.23. The van der Waals surface area contributed by atoms with Crippen LogP contribution in [-0.4, -0.2) is 48.5 Å². The molecule has 0 atom stereocenters.